The highest BCUT2D eigenvalue weighted by molar-refractivity contribution is 7.52. The first kappa shape index (κ1) is 24.6. The molecule has 3 rings (SSSR count). The van der Waals surface area contributed by atoms with Crippen molar-refractivity contribution >= 4 is 30.7 Å². The molecule has 2 heterocycles. The first-order valence-corrected chi connectivity index (χ1v) is 11.1. The van der Waals surface area contributed by atoms with Crippen molar-refractivity contribution in [2.45, 2.75) is 19.3 Å². The van der Waals surface area contributed by atoms with Crippen molar-refractivity contribution in [1.82, 2.24) is 19.5 Å². The maximum Gasteiger partial charge on any atom is 0.413 e. The van der Waals surface area contributed by atoms with E-state index < -0.39 is 32.8 Å². The first-order valence-electron chi connectivity index (χ1n) is 9.37. The van der Waals surface area contributed by atoms with Crippen LogP contribution in [0.4, 0.5) is 23.8 Å². The molecule has 2 N–H and O–H groups in total. The Bertz CT molecular complexity index is 1130. The third-order valence-electron chi connectivity index (χ3n) is 4.00. The molecule has 0 aliphatic carbocycles. The van der Waals surface area contributed by atoms with Crippen LogP contribution >= 0.6 is 7.60 Å². The molecule has 0 aliphatic rings. The third-order valence-corrected chi connectivity index (χ3v) is 5.04. The van der Waals surface area contributed by atoms with Gasteiger partial charge < -0.3 is 18.9 Å². The summed E-state index contributed by atoms with van der Waals surface area (Å²) in [6, 6.07) is 9.08. The van der Waals surface area contributed by atoms with E-state index in [4.69, 9.17) is 9.47 Å². The fraction of sp³-hybridized carbons (Fsp3) is 0.333. The van der Waals surface area contributed by atoms with Gasteiger partial charge in [-0.25, -0.2) is 19.7 Å². The van der Waals surface area contributed by atoms with E-state index in [1.807, 2.05) is 18.2 Å². The fourth-order valence-corrected chi connectivity index (χ4v) is 3.33. The molecule has 15 heteroatoms. The maximum absolute atomic E-state index is 12.1. The van der Waals surface area contributed by atoms with E-state index in [0.717, 1.165) is 5.56 Å². The van der Waals surface area contributed by atoms with Gasteiger partial charge in [0.25, 0.3) is 0 Å². The summed E-state index contributed by atoms with van der Waals surface area (Å²) in [6.45, 7) is -1.83. The second kappa shape index (κ2) is 10.7. The molecule has 0 spiro atoms. The number of carbonyl (C=O) groups is 1. The molecule has 0 saturated heterocycles. The van der Waals surface area contributed by atoms with Crippen LogP contribution < -0.4 is 5.32 Å². The van der Waals surface area contributed by atoms with Crippen LogP contribution in [0.25, 0.3) is 11.2 Å². The Morgan fingerprint density at radius 3 is 2.67 bits per heavy atom. The van der Waals surface area contributed by atoms with Gasteiger partial charge in [-0.3, -0.25) is 14.4 Å². The highest BCUT2D eigenvalue weighted by atomic mass is 31.2. The lowest BCUT2D eigenvalue weighted by Gasteiger charge is -2.14. The lowest BCUT2D eigenvalue weighted by molar-refractivity contribution is -0.155. The number of fused-ring (bicyclic) bond motifs is 1. The minimum atomic E-state index is -4.73. The standard InChI is InChI=1S/C18H19F3N5O6P/c19-18(20,21)9-32-33(28,29)12-30-7-6-26-11-24-14-15(22-10-23-16(14)26)25-17(27)31-8-13-4-2-1-3-5-13/h1-5,10-11H,6-9,12H2,(H,28,29)(H,22,23,25,27). The Balaban J connectivity index is 1.52. The van der Waals surface area contributed by atoms with E-state index >= 15 is 0 Å². The predicted molar refractivity (Wildman–Crippen MR) is 108 cm³/mol. The van der Waals surface area contributed by atoms with Crippen molar-refractivity contribution in [3.63, 3.8) is 0 Å². The molecule has 1 aromatic carbocycles. The van der Waals surface area contributed by atoms with Gasteiger partial charge >= 0.3 is 19.9 Å². The van der Waals surface area contributed by atoms with Crippen LogP contribution in [0.5, 0.6) is 0 Å². The number of benzene rings is 1. The summed E-state index contributed by atoms with van der Waals surface area (Å²) in [5.74, 6) is 0.109. The van der Waals surface area contributed by atoms with Crippen molar-refractivity contribution < 1.29 is 41.4 Å². The lowest BCUT2D eigenvalue weighted by atomic mass is 10.2. The van der Waals surface area contributed by atoms with Gasteiger partial charge in [0.2, 0.25) is 0 Å². The van der Waals surface area contributed by atoms with Crippen LogP contribution in [-0.4, -0.2) is 56.2 Å². The molecule has 1 atom stereocenters. The molecule has 0 aliphatic heterocycles. The summed E-state index contributed by atoms with van der Waals surface area (Å²) in [6.07, 6.45) is -3.81. The van der Waals surface area contributed by atoms with Gasteiger partial charge in [0, 0.05) is 6.54 Å². The molecule has 0 bridgehead atoms. The van der Waals surface area contributed by atoms with Crippen molar-refractivity contribution in [2.75, 3.05) is 24.9 Å². The number of aromatic nitrogens is 4. The number of hydrogen-bond donors (Lipinski definition) is 2. The number of ether oxygens (including phenoxy) is 2. The molecular formula is C18H19F3N5O6P. The molecule has 0 fully saturated rings. The zero-order valence-electron chi connectivity index (χ0n) is 16.9. The van der Waals surface area contributed by atoms with Crippen molar-refractivity contribution in [2.24, 2.45) is 0 Å². The zero-order chi connectivity index (χ0) is 23.9. The van der Waals surface area contributed by atoms with E-state index in [0.29, 0.717) is 5.65 Å². The number of imidazole rings is 1. The Hall–Kier alpha value is -3.06. The topological polar surface area (TPSA) is 138 Å². The van der Waals surface area contributed by atoms with Crippen molar-refractivity contribution in [3.05, 3.63) is 48.5 Å². The summed E-state index contributed by atoms with van der Waals surface area (Å²) in [5.41, 5.74) is 1.39. The fourth-order valence-electron chi connectivity index (χ4n) is 2.55. The zero-order valence-corrected chi connectivity index (χ0v) is 17.8. The summed E-state index contributed by atoms with van der Waals surface area (Å²) >= 11 is 0. The molecule has 1 amide bonds. The first-order chi connectivity index (χ1) is 15.6. The quantitative estimate of drug-likeness (QED) is 0.324. The second-order valence-electron chi connectivity index (χ2n) is 6.58. The van der Waals surface area contributed by atoms with Gasteiger partial charge in [0.1, 0.15) is 19.3 Å². The maximum atomic E-state index is 12.1. The van der Waals surface area contributed by atoms with Crippen LogP contribution in [-0.2, 0) is 31.7 Å². The summed E-state index contributed by atoms with van der Waals surface area (Å²) in [5, 5.41) is 2.48. The molecule has 0 saturated carbocycles. The van der Waals surface area contributed by atoms with Crippen LogP contribution in [0.15, 0.2) is 43.0 Å². The Morgan fingerprint density at radius 2 is 1.94 bits per heavy atom. The number of anilines is 1. The van der Waals surface area contributed by atoms with Gasteiger partial charge in [-0.1, -0.05) is 30.3 Å². The van der Waals surface area contributed by atoms with Crippen molar-refractivity contribution in [3.8, 4) is 0 Å². The number of alkyl halides is 3. The molecule has 2 aromatic heterocycles. The summed E-state index contributed by atoms with van der Waals surface area (Å²) in [7, 11) is -4.55. The van der Waals surface area contributed by atoms with Gasteiger partial charge in [0.05, 0.1) is 12.9 Å². The normalized spacial score (nSPS) is 13.6. The number of carbonyl (C=O) groups excluding carboxylic acids is 1. The monoisotopic (exact) mass is 489 g/mol. The van der Waals surface area contributed by atoms with Gasteiger partial charge in [-0.2, -0.15) is 13.2 Å². The molecule has 33 heavy (non-hydrogen) atoms. The number of halogens is 3. The Kier molecular flexibility index (Phi) is 7.97. The van der Waals surface area contributed by atoms with Gasteiger partial charge in [-0.05, 0) is 5.56 Å². The van der Waals surface area contributed by atoms with Gasteiger partial charge in [-0.15, -0.1) is 0 Å². The van der Waals surface area contributed by atoms with Crippen LogP contribution in [0.2, 0.25) is 0 Å². The van der Waals surface area contributed by atoms with E-state index in [1.54, 1.807) is 12.1 Å². The minimum Gasteiger partial charge on any atom is -0.444 e. The van der Waals surface area contributed by atoms with Crippen LogP contribution in [0, 0.1) is 0 Å². The molecular weight excluding hydrogens is 470 g/mol. The number of nitrogens with one attached hydrogen (secondary N) is 1. The smallest absolute Gasteiger partial charge is 0.413 e. The molecule has 1 unspecified atom stereocenters. The van der Waals surface area contributed by atoms with E-state index in [1.165, 1.54) is 17.2 Å². The molecule has 3 aromatic rings. The number of hydrogen-bond acceptors (Lipinski definition) is 8. The van der Waals surface area contributed by atoms with Gasteiger partial charge in [0.15, 0.2) is 23.6 Å². The number of rotatable bonds is 10. The summed E-state index contributed by atoms with van der Waals surface area (Å²) in [4.78, 5) is 33.6. The molecule has 11 nitrogen and oxygen atoms in total. The van der Waals surface area contributed by atoms with Crippen molar-refractivity contribution in [1.29, 1.82) is 0 Å². The Labute approximate surface area is 185 Å². The predicted octanol–water partition coefficient (Wildman–Crippen LogP) is 3.31. The van der Waals surface area contributed by atoms with E-state index in [-0.39, 0.29) is 31.1 Å². The van der Waals surface area contributed by atoms with E-state index in [9.17, 15) is 27.4 Å². The second-order valence-corrected chi connectivity index (χ2v) is 8.37. The summed E-state index contributed by atoms with van der Waals surface area (Å²) < 4.78 is 63.4. The average Bonchev–Trinajstić information content (AvgIpc) is 3.18. The van der Waals surface area contributed by atoms with E-state index in [2.05, 4.69) is 24.8 Å². The number of amides is 1. The highest BCUT2D eigenvalue weighted by Crippen LogP contribution is 2.43. The van der Waals surface area contributed by atoms with Crippen LogP contribution in [0.1, 0.15) is 5.56 Å². The SMILES string of the molecule is O=C(Nc1ncnc2c1ncn2CCOCP(=O)(O)OCC(F)(F)F)OCc1ccccc1. The third kappa shape index (κ3) is 7.79. The minimum absolute atomic E-state index is 0.0636. The molecule has 178 valence electrons. The highest BCUT2D eigenvalue weighted by Gasteiger charge is 2.32. The van der Waals surface area contributed by atoms with Crippen LogP contribution in [0.3, 0.4) is 0 Å². The Morgan fingerprint density at radius 1 is 1.18 bits per heavy atom. The number of nitrogens with zero attached hydrogens (tertiary/aromatic N) is 4. The largest absolute Gasteiger partial charge is 0.444 e. The lowest BCUT2D eigenvalue weighted by Crippen LogP contribution is -2.17. The average molecular weight is 489 g/mol. The molecule has 0 radical (unpaired) electrons.